The summed E-state index contributed by atoms with van der Waals surface area (Å²) in [5.74, 6) is 3.03. The quantitative estimate of drug-likeness (QED) is 0.863. The largest absolute Gasteiger partial charge is 0.379 e. The van der Waals surface area contributed by atoms with Crippen molar-refractivity contribution in [1.29, 1.82) is 0 Å². The van der Waals surface area contributed by atoms with E-state index in [0.29, 0.717) is 11.8 Å². The van der Waals surface area contributed by atoms with E-state index in [1.807, 2.05) is 26.0 Å². The van der Waals surface area contributed by atoms with Crippen LogP contribution in [0.4, 0.5) is 5.82 Å². The number of aromatic nitrogens is 3. The molecule has 1 aliphatic heterocycles. The summed E-state index contributed by atoms with van der Waals surface area (Å²) in [6, 6.07) is 3.92. The van der Waals surface area contributed by atoms with Gasteiger partial charge in [-0.1, -0.05) is 25.9 Å². The maximum atomic E-state index is 5.59. The van der Waals surface area contributed by atoms with Gasteiger partial charge in [0, 0.05) is 37.9 Å². The molecule has 1 saturated heterocycles. The third-order valence-corrected chi connectivity index (χ3v) is 4.47. The normalized spacial score (nSPS) is 21.9. The van der Waals surface area contributed by atoms with Crippen LogP contribution in [-0.2, 0) is 4.74 Å². The third-order valence-electron chi connectivity index (χ3n) is 4.47. The van der Waals surface area contributed by atoms with E-state index in [-0.39, 0.29) is 12.0 Å². The van der Waals surface area contributed by atoms with Crippen LogP contribution in [0.5, 0.6) is 0 Å². The lowest BCUT2D eigenvalue weighted by molar-refractivity contribution is 0.0496. The monoisotopic (exact) mass is 316 g/mol. The summed E-state index contributed by atoms with van der Waals surface area (Å²) < 4.78 is 11.0. The molecule has 2 atom stereocenters. The first-order valence-corrected chi connectivity index (χ1v) is 8.16. The lowest BCUT2D eigenvalue weighted by atomic mass is 9.96. The van der Waals surface area contributed by atoms with Gasteiger partial charge >= 0.3 is 0 Å². The van der Waals surface area contributed by atoms with Crippen LogP contribution in [0.3, 0.4) is 0 Å². The summed E-state index contributed by atoms with van der Waals surface area (Å²) in [5, 5.41) is 4.03. The number of hydrogen-bond acceptors (Lipinski definition) is 6. The van der Waals surface area contributed by atoms with E-state index in [1.54, 1.807) is 13.3 Å². The summed E-state index contributed by atoms with van der Waals surface area (Å²) in [6.45, 7) is 8.17. The van der Waals surface area contributed by atoms with Crippen LogP contribution in [0.1, 0.15) is 38.9 Å². The molecule has 0 aliphatic carbocycles. The van der Waals surface area contributed by atoms with E-state index in [2.05, 4.69) is 26.9 Å². The van der Waals surface area contributed by atoms with Crippen molar-refractivity contribution < 1.29 is 9.26 Å². The second kappa shape index (κ2) is 6.66. The molecule has 0 saturated carbocycles. The molecule has 2 aromatic heterocycles. The molecule has 2 aromatic rings. The maximum Gasteiger partial charge on any atom is 0.258 e. The van der Waals surface area contributed by atoms with Crippen molar-refractivity contribution in [2.24, 2.45) is 5.92 Å². The van der Waals surface area contributed by atoms with Gasteiger partial charge in [0.15, 0.2) is 5.82 Å². The van der Waals surface area contributed by atoms with E-state index in [9.17, 15) is 0 Å². The number of piperidine rings is 1. The topological polar surface area (TPSA) is 64.3 Å². The molecule has 0 aromatic carbocycles. The molecule has 3 heterocycles. The predicted octanol–water partition coefficient (Wildman–Crippen LogP) is 3.12. The lowest BCUT2D eigenvalue weighted by Crippen LogP contribution is -2.44. The number of pyridine rings is 1. The molecular weight excluding hydrogens is 292 g/mol. The molecule has 1 aliphatic rings. The molecule has 6 nitrogen and oxygen atoms in total. The maximum absolute atomic E-state index is 5.59. The molecule has 0 bridgehead atoms. The highest BCUT2D eigenvalue weighted by molar-refractivity contribution is 5.58. The Morgan fingerprint density at radius 1 is 1.39 bits per heavy atom. The third kappa shape index (κ3) is 3.37. The van der Waals surface area contributed by atoms with Crippen molar-refractivity contribution >= 4 is 5.82 Å². The average molecular weight is 316 g/mol. The van der Waals surface area contributed by atoms with Gasteiger partial charge in [-0.25, -0.2) is 4.98 Å². The number of hydrogen-bond donors (Lipinski definition) is 0. The second-order valence-electron chi connectivity index (χ2n) is 6.50. The molecule has 0 N–H and O–H groups in total. The highest BCUT2D eigenvalue weighted by Crippen LogP contribution is 2.27. The van der Waals surface area contributed by atoms with Crippen LogP contribution in [0.2, 0.25) is 0 Å². The first kappa shape index (κ1) is 15.9. The van der Waals surface area contributed by atoms with Crippen molar-refractivity contribution in [1.82, 2.24) is 15.1 Å². The Hall–Kier alpha value is -1.95. The Kier molecular flexibility index (Phi) is 4.61. The average Bonchev–Trinajstić information content (AvgIpc) is 3.06. The summed E-state index contributed by atoms with van der Waals surface area (Å²) >= 11 is 0. The standard InChI is InChI=1S/C17H24N4O2/c1-11(2)16-19-17(23-20-16)13-5-7-18-15(9-13)21-8-6-12(3)14(10-21)22-4/h5,7,9,11-12,14H,6,8,10H2,1-4H3. The fourth-order valence-electron chi connectivity index (χ4n) is 2.86. The van der Waals surface area contributed by atoms with Crippen LogP contribution in [0.15, 0.2) is 22.9 Å². The Bertz CT molecular complexity index is 656. The van der Waals surface area contributed by atoms with Crippen LogP contribution >= 0.6 is 0 Å². The van der Waals surface area contributed by atoms with Crippen LogP contribution in [0.25, 0.3) is 11.5 Å². The van der Waals surface area contributed by atoms with Gasteiger partial charge in [-0.3, -0.25) is 0 Å². The minimum atomic E-state index is 0.241. The summed E-state index contributed by atoms with van der Waals surface area (Å²) in [4.78, 5) is 11.2. The van der Waals surface area contributed by atoms with Crippen LogP contribution in [0, 0.1) is 5.92 Å². The van der Waals surface area contributed by atoms with E-state index < -0.39 is 0 Å². The van der Waals surface area contributed by atoms with E-state index in [1.165, 1.54) is 0 Å². The minimum Gasteiger partial charge on any atom is -0.379 e. The van der Waals surface area contributed by atoms with Crippen molar-refractivity contribution in [2.75, 3.05) is 25.1 Å². The van der Waals surface area contributed by atoms with Gasteiger partial charge in [0.1, 0.15) is 5.82 Å². The van der Waals surface area contributed by atoms with Crippen molar-refractivity contribution in [2.45, 2.75) is 39.2 Å². The molecule has 3 rings (SSSR count). The number of methoxy groups -OCH3 is 1. The molecule has 23 heavy (non-hydrogen) atoms. The van der Waals surface area contributed by atoms with Crippen LogP contribution < -0.4 is 4.90 Å². The fourth-order valence-corrected chi connectivity index (χ4v) is 2.86. The summed E-state index contributed by atoms with van der Waals surface area (Å²) in [6.07, 6.45) is 3.14. The smallest absolute Gasteiger partial charge is 0.258 e. The van der Waals surface area contributed by atoms with E-state index in [0.717, 1.165) is 36.7 Å². The molecule has 1 fully saturated rings. The molecule has 2 unspecified atom stereocenters. The Balaban J connectivity index is 1.82. The van der Waals surface area contributed by atoms with Gasteiger partial charge in [0.05, 0.1) is 6.10 Å². The van der Waals surface area contributed by atoms with Crippen molar-refractivity contribution in [3.05, 3.63) is 24.2 Å². The summed E-state index contributed by atoms with van der Waals surface area (Å²) in [5.41, 5.74) is 0.905. The van der Waals surface area contributed by atoms with Crippen LogP contribution in [-0.4, -0.2) is 41.4 Å². The zero-order valence-electron chi connectivity index (χ0n) is 14.2. The zero-order chi connectivity index (χ0) is 16.4. The van der Waals surface area contributed by atoms with Gasteiger partial charge in [0.2, 0.25) is 0 Å². The van der Waals surface area contributed by atoms with Crippen molar-refractivity contribution in [3.8, 4) is 11.5 Å². The fraction of sp³-hybridized carbons (Fsp3) is 0.588. The number of anilines is 1. The van der Waals surface area contributed by atoms with Gasteiger partial charge < -0.3 is 14.2 Å². The predicted molar refractivity (Wildman–Crippen MR) is 88.4 cm³/mol. The second-order valence-corrected chi connectivity index (χ2v) is 6.50. The molecule has 0 spiro atoms. The minimum absolute atomic E-state index is 0.241. The molecule has 0 amide bonds. The highest BCUT2D eigenvalue weighted by Gasteiger charge is 2.27. The van der Waals surface area contributed by atoms with Crippen molar-refractivity contribution in [3.63, 3.8) is 0 Å². The van der Waals surface area contributed by atoms with Gasteiger partial charge in [-0.05, 0) is 24.5 Å². The van der Waals surface area contributed by atoms with Gasteiger partial charge in [0.25, 0.3) is 5.89 Å². The number of ether oxygens (including phenoxy) is 1. The Morgan fingerprint density at radius 2 is 2.22 bits per heavy atom. The molecule has 124 valence electrons. The lowest BCUT2D eigenvalue weighted by Gasteiger charge is -2.36. The zero-order valence-corrected chi connectivity index (χ0v) is 14.2. The SMILES string of the molecule is COC1CN(c2cc(-c3nc(C(C)C)no3)ccn2)CCC1C. The van der Waals surface area contributed by atoms with Gasteiger partial charge in [-0.15, -0.1) is 0 Å². The first-order chi connectivity index (χ1) is 11.1. The van der Waals surface area contributed by atoms with E-state index >= 15 is 0 Å². The molecule has 0 radical (unpaired) electrons. The molecular formula is C17H24N4O2. The Labute approximate surface area is 136 Å². The highest BCUT2D eigenvalue weighted by atomic mass is 16.5. The first-order valence-electron chi connectivity index (χ1n) is 8.16. The number of nitrogens with zero attached hydrogens (tertiary/aromatic N) is 4. The van der Waals surface area contributed by atoms with E-state index in [4.69, 9.17) is 9.26 Å². The Morgan fingerprint density at radius 3 is 2.91 bits per heavy atom. The number of rotatable bonds is 4. The molecule has 6 heteroatoms. The van der Waals surface area contributed by atoms with Gasteiger partial charge in [-0.2, -0.15) is 4.98 Å². The summed E-state index contributed by atoms with van der Waals surface area (Å²) in [7, 11) is 1.78.